The topological polar surface area (TPSA) is 120 Å². The molecular formula is C33H57O6Sc. The third kappa shape index (κ3) is 21.3. The molecule has 40 heavy (non-hydrogen) atoms. The van der Waals surface area contributed by atoms with Crippen LogP contribution in [0.15, 0.2) is 35.5 Å². The standard InChI is InChI=1S/3C11H20O2.Sc/c3*1-10(2,3)8(12)7-9(13)11(4,5)6;/h3*7,12H,1-6H3;/q;;;+3/p-3. The Balaban J connectivity index is -0.000000240. The third-order valence-corrected chi connectivity index (χ3v) is 5.22. The SMILES string of the molecule is CC(C)(C)C(=O)C=C([O-])C(C)(C)C.CC(C)(C)C(=O)C=C([O-])C(C)(C)C.CC(C)(C)C(=O)C=C([O-])C(C)(C)C.[Sc+3]. The van der Waals surface area contributed by atoms with E-state index in [2.05, 4.69) is 0 Å². The summed E-state index contributed by atoms with van der Waals surface area (Å²) >= 11 is 0. The molecule has 0 saturated heterocycles. The van der Waals surface area contributed by atoms with Gasteiger partial charge in [-0.05, 0) is 34.5 Å². The second-order valence-corrected chi connectivity index (χ2v) is 16.1. The molecule has 0 aromatic rings. The molecule has 0 radical (unpaired) electrons. The number of allylic oxidation sites excluding steroid dienone is 6. The average molecular weight is 595 g/mol. The smallest absolute Gasteiger partial charge is 0.875 e. The largest absolute Gasteiger partial charge is 3.00 e. The van der Waals surface area contributed by atoms with Gasteiger partial charge in [-0.1, -0.05) is 125 Å². The summed E-state index contributed by atoms with van der Waals surface area (Å²) < 4.78 is 0. The summed E-state index contributed by atoms with van der Waals surface area (Å²) in [6.07, 6.45) is 3.67. The molecule has 0 aliphatic rings. The predicted molar refractivity (Wildman–Crippen MR) is 156 cm³/mol. The van der Waals surface area contributed by atoms with Crippen molar-refractivity contribution in [3.8, 4) is 0 Å². The normalized spacial score (nSPS) is 14.1. The maximum Gasteiger partial charge on any atom is 3.00 e. The zero-order valence-corrected chi connectivity index (χ0v) is 30.6. The molecule has 0 saturated carbocycles. The fourth-order valence-electron chi connectivity index (χ4n) is 1.66. The van der Waals surface area contributed by atoms with E-state index >= 15 is 0 Å². The molecule has 0 spiro atoms. The van der Waals surface area contributed by atoms with Crippen molar-refractivity contribution in [1.29, 1.82) is 0 Å². The second kappa shape index (κ2) is 16.2. The zero-order valence-electron chi connectivity index (χ0n) is 28.8. The average Bonchev–Trinajstić information content (AvgIpc) is 2.64. The summed E-state index contributed by atoms with van der Waals surface area (Å²) in [5, 5.41) is 34.3. The molecular weight excluding hydrogens is 537 g/mol. The third-order valence-electron chi connectivity index (χ3n) is 5.22. The van der Waals surface area contributed by atoms with Crippen molar-refractivity contribution in [2.45, 2.75) is 125 Å². The molecule has 7 heteroatoms. The summed E-state index contributed by atoms with van der Waals surface area (Å²) in [7, 11) is 0. The Kier molecular flexibility index (Phi) is 18.4. The van der Waals surface area contributed by atoms with Crippen LogP contribution >= 0.6 is 0 Å². The molecule has 6 nitrogen and oxygen atoms in total. The van der Waals surface area contributed by atoms with Gasteiger partial charge in [-0.25, -0.2) is 0 Å². The molecule has 0 amide bonds. The molecule has 0 aliphatic heterocycles. The molecule has 0 unspecified atom stereocenters. The summed E-state index contributed by atoms with van der Waals surface area (Å²) in [5.41, 5.74) is -2.74. The monoisotopic (exact) mass is 594 g/mol. The van der Waals surface area contributed by atoms with Gasteiger partial charge in [0.15, 0.2) is 17.3 Å². The van der Waals surface area contributed by atoms with Crippen molar-refractivity contribution in [3.63, 3.8) is 0 Å². The first-order valence-electron chi connectivity index (χ1n) is 13.5. The fraction of sp³-hybridized carbons (Fsp3) is 0.727. The zero-order chi connectivity index (χ0) is 32.6. The Morgan fingerprint density at radius 2 is 0.475 bits per heavy atom. The summed E-state index contributed by atoms with van der Waals surface area (Å²) in [6.45, 7) is 32.5. The molecule has 0 aromatic carbocycles. The molecule has 0 aromatic heterocycles. The van der Waals surface area contributed by atoms with Crippen LogP contribution in [0.3, 0.4) is 0 Å². The van der Waals surface area contributed by atoms with Gasteiger partial charge in [0.1, 0.15) is 0 Å². The van der Waals surface area contributed by atoms with Crippen LogP contribution in [-0.4, -0.2) is 17.3 Å². The van der Waals surface area contributed by atoms with Crippen molar-refractivity contribution in [1.82, 2.24) is 0 Å². The van der Waals surface area contributed by atoms with E-state index in [4.69, 9.17) is 0 Å². The van der Waals surface area contributed by atoms with E-state index in [1.54, 1.807) is 0 Å². The summed E-state index contributed by atoms with van der Waals surface area (Å²) in [5.74, 6) is -0.625. The predicted octanol–water partition coefficient (Wildman–Crippen LogP) is 5.67. The van der Waals surface area contributed by atoms with Gasteiger partial charge in [-0.15, -0.1) is 17.3 Å². The second-order valence-electron chi connectivity index (χ2n) is 16.1. The van der Waals surface area contributed by atoms with Gasteiger partial charge in [-0.3, -0.25) is 14.4 Å². The summed E-state index contributed by atoms with van der Waals surface area (Å²) in [4.78, 5) is 34.3. The van der Waals surface area contributed by atoms with Gasteiger partial charge >= 0.3 is 25.8 Å². The minimum Gasteiger partial charge on any atom is -0.875 e. The van der Waals surface area contributed by atoms with Crippen LogP contribution < -0.4 is 15.3 Å². The molecule has 0 atom stereocenters. The Morgan fingerprint density at radius 3 is 0.550 bits per heavy atom. The van der Waals surface area contributed by atoms with Crippen molar-refractivity contribution < 1.29 is 55.5 Å². The first kappa shape index (κ1) is 45.5. The van der Waals surface area contributed by atoms with E-state index in [1.165, 1.54) is 18.2 Å². The number of carbonyl (C=O) groups excluding carboxylic acids is 3. The van der Waals surface area contributed by atoms with Crippen molar-refractivity contribution in [2.75, 3.05) is 0 Å². The van der Waals surface area contributed by atoms with E-state index in [9.17, 15) is 29.7 Å². The van der Waals surface area contributed by atoms with Crippen LogP contribution in [0, 0.1) is 32.5 Å². The Morgan fingerprint density at radius 1 is 0.350 bits per heavy atom. The molecule has 0 N–H and O–H groups in total. The van der Waals surface area contributed by atoms with E-state index < -0.39 is 32.5 Å². The Bertz CT molecular complexity index is 801. The van der Waals surface area contributed by atoms with E-state index in [0.717, 1.165) is 0 Å². The van der Waals surface area contributed by atoms with Crippen LogP contribution in [-0.2, 0) is 40.2 Å². The van der Waals surface area contributed by atoms with E-state index in [-0.39, 0.29) is 60.5 Å². The number of hydrogen-bond donors (Lipinski definition) is 0. The van der Waals surface area contributed by atoms with Crippen molar-refractivity contribution >= 4 is 17.3 Å². The first-order valence-corrected chi connectivity index (χ1v) is 13.5. The van der Waals surface area contributed by atoms with Gasteiger partial charge in [0.05, 0.1) is 0 Å². The molecule has 0 aliphatic carbocycles. The number of hydrogen-bond acceptors (Lipinski definition) is 6. The van der Waals surface area contributed by atoms with Gasteiger partial charge in [0.25, 0.3) is 0 Å². The summed E-state index contributed by atoms with van der Waals surface area (Å²) in [6, 6.07) is 0. The van der Waals surface area contributed by atoms with Crippen LogP contribution in [0.2, 0.25) is 0 Å². The molecule has 228 valence electrons. The number of rotatable bonds is 3. The van der Waals surface area contributed by atoms with Gasteiger partial charge in [0.2, 0.25) is 0 Å². The molecule has 0 heterocycles. The van der Waals surface area contributed by atoms with Gasteiger partial charge < -0.3 is 15.3 Å². The van der Waals surface area contributed by atoms with E-state index in [0.29, 0.717) is 0 Å². The maximum absolute atomic E-state index is 11.4. The van der Waals surface area contributed by atoms with Gasteiger partial charge in [-0.2, -0.15) is 0 Å². The molecule has 0 rings (SSSR count). The first-order chi connectivity index (χ1) is 16.6. The number of ketones is 3. The number of carbonyl (C=O) groups is 3. The van der Waals surface area contributed by atoms with E-state index in [1.807, 2.05) is 125 Å². The van der Waals surface area contributed by atoms with Gasteiger partial charge in [0, 0.05) is 16.2 Å². The van der Waals surface area contributed by atoms with Crippen LogP contribution in [0.4, 0.5) is 0 Å². The Labute approximate surface area is 264 Å². The molecule has 0 bridgehead atoms. The van der Waals surface area contributed by atoms with Crippen molar-refractivity contribution in [2.24, 2.45) is 32.5 Å². The van der Waals surface area contributed by atoms with Crippen molar-refractivity contribution in [3.05, 3.63) is 35.5 Å². The minimum absolute atomic E-state index is 0. The van der Waals surface area contributed by atoms with Crippen LogP contribution in [0.25, 0.3) is 0 Å². The van der Waals surface area contributed by atoms with Crippen LogP contribution in [0.5, 0.6) is 0 Å². The maximum atomic E-state index is 11.4. The Hall–Kier alpha value is -1.50. The quantitative estimate of drug-likeness (QED) is 0.307. The molecule has 0 fully saturated rings. The minimum atomic E-state index is -0.457. The fourth-order valence-corrected chi connectivity index (χ4v) is 1.66. The van der Waals surface area contributed by atoms with Crippen LogP contribution in [0.1, 0.15) is 125 Å².